The second-order valence-electron chi connectivity index (χ2n) is 8.61. The molecule has 0 aliphatic carbocycles. The summed E-state index contributed by atoms with van der Waals surface area (Å²) in [5.74, 6) is -0.112. The SMILES string of the molecule is O=c1c2cnn(-c3ccc(O)cc3)c2ncn1CC1(O)CCN(Cc2ccc(F)cc2)CC1. The highest BCUT2D eigenvalue weighted by molar-refractivity contribution is 5.74. The van der Waals surface area contributed by atoms with Crippen molar-refractivity contribution in [1.82, 2.24) is 24.2 Å². The predicted molar refractivity (Wildman–Crippen MR) is 121 cm³/mol. The minimum Gasteiger partial charge on any atom is -0.508 e. The maximum Gasteiger partial charge on any atom is 0.264 e. The normalized spacial score (nSPS) is 16.3. The summed E-state index contributed by atoms with van der Waals surface area (Å²) in [4.78, 5) is 19.7. The van der Waals surface area contributed by atoms with Crippen LogP contribution in [-0.2, 0) is 13.1 Å². The molecule has 3 heterocycles. The van der Waals surface area contributed by atoms with Crippen LogP contribution in [0.15, 0.2) is 65.8 Å². The molecule has 170 valence electrons. The molecule has 1 saturated heterocycles. The van der Waals surface area contributed by atoms with E-state index in [9.17, 15) is 19.4 Å². The van der Waals surface area contributed by atoms with Gasteiger partial charge in [0.2, 0.25) is 0 Å². The maximum atomic E-state index is 13.1. The molecule has 2 aromatic carbocycles. The highest BCUT2D eigenvalue weighted by Crippen LogP contribution is 2.25. The van der Waals surface area contributed by atoms with Gasteiger partial charge >= 0.3 is 0 Å². The van der Waals surface area contributed by atoms with E-state index in [1.165, 1.54) is 29.2 Å². The number of hydrogen-bond donors (Lipinski definition) is 2. The van der Waals surface area contributed by atoms with Crippen LogP contribution < -0.4 is 5.56 Å². The second kappa shape index (κ2) is 8.42. The number of fused-ring (bicyclic) bond motifs is 1. The van der Waals surface area contributed by atoms with E-state index in [1.54, 1.807) is 41.1 Å². The number of halogens is 1. The van der Waals surface area contributed by atoms with Gasteiger partial charge in [0.1, 0.15) is 23.3 Å². The third-order valence-corrected chi connectivity index (χ3v) is 6.22. The zero-order valence-corrected chi connectivity index (χ0v) is 17.9. The number of likely N-dealkylation sites (tertiary alicyclic amines) is 1. The summed E-state index contributed by atoms with van der Waals surface area (Å²) in [6, 6.07) is 12.9. The van der Waals surface area contributed by atoms with Gasteiger partial charge in [0.15, 0.2) is 5.65 Å². The van der Waals surface area contributed by atoms with Gasteiger partial charge in [-0.15, -0.1) is 0 Å². The number of piperidine rings is 1. The van der Waals surface area contributed by atoms with Crippen molar-refractivity contribution in [3.63, 3.8) is 0 Å². The summed E-state index contributed by atoms with van der Waals surface area (Å²) in [5.41, 5.74) is 0.860. The molecule has 0 spiro atoms. The van der Waals surface area contributed by atoms with Crippen molar-refractivity contribution in [2.24, 2.45) is 0 Å². The van der Waals surface area contributed by atoms with Crippen LogP contribution in [0, 0.1) is 5.82 Å². The average molecular weight is 449 g/mol. The number of aromatic nitrogens is 4. The Bertz CT molecular complexity index is 1320. The molecule has 33 heavy (non-hydrogen) atoms. The molecule has 0 radical (unpaired) electrons. The molecule has 1 aliphatic heterocycles. The van der Waals surface area contributed by atoms with E-state index < -0.39 is 5.60 Å². The van der Waals surface area contributed by atoms with Crippen LogP contribution in [0.25, 0.3) is 16.7 Å². The largest absolute Gasteiger partial charge is 0.508 e. The monoisotopic (exact) mass is 449 g/mol. The summed E-state index contributed by atoms with van der Waals surface area (Å²) in [7, 11) is 0. The van der Waals surface area contributed by atoms with Crippen molar-refractivity contribution in [3.05, 3.63) is 82.8 Å². The highest BCUT2D eigenvalue weighted by Gasteiger charge is 2.33. The number of aliphatic hydroxyl groups is 1. The first kappa shape index (κ1) is 21.3. The number of rotatable bonds is 5. The van der Waals surface area contributed by atoms with Crippen LogP contribution >= 0.6 is 0 Å². The van der Waals surface area contributed by atoms with E-state index >= 15 is 0 Å². The topological polar surface area (TPSA) is 96.4 Å². The van der Waals surface area contributed by atoms with Crippen molar-refractivity contribution in [3.8, 4) is 11.4 Å². The second-order valence-corrected chi connectivity index (χ2v) is 8.61. The van der Waals surface area contributed by atoms with Gasteiger partial charge in [-0.05, 0) is 54.8 Å². The van der Waals surface area contributed by atoms with Gasteiger partial charge in [-0.25, -0.2) is 14.1 Å². The zero-order chi connectivity index (χ0) is 23.0. The van der Waals surface area contributed by atoms with E-state index in [0.717, 1.165) is 5.56 Å². The summed E-state index contributed by atoms with van der Waals surface area (Å²) in [5, 5.41) is 25.3. The summed E-state index contributed by atoms with van der Waals surface area (Å²) in [6.07, 6.45) is 3.96. The van der Waals surface area contributed by atoms with Crippen LogP contribution in [0.2, 0.25) is 0 Å². The molecule has 0 saturated carbocycles. The minimum atomic E-state index is -1.01. The number of aromatic hydroxyl groups is 1. The molecule has 1 fully saturated rings. The van der Waals surface area contributed by atoms with E-state index in [4.69, 9.17) is 0 Å². The van der Waals surface area contributed by atoms with Crippen molar-refractivity contribution >= 4 is 11.0 Å². The lowest BCUT2D eigenvalue weighted by molar-refractivity contribution is -0.0364. The van der Waals surface area contributed by atoms with E-state index in [-0.39, 0.29) is 23.7 Å². The summed E-state index contributed by atoms with van der Waals surface area (Å²) >= 11 is 0. The number of phenolic OH excluding ortho intramolecular Hbond substituents is 1. The van der Waals surface area contributed by atoms with Gasteiger partial charge < -0.3 is 10.2 Å². The maximum absolute atomic E-state index is 13.1. The first-order valence-corrected chi connectivity index (χ1v) is 10.8. The number of phenols is 1. The van der Waals surface area contributed by atoms with Gasteiger partial charge in [-0.3, -0.25) is 14.3 Å². The fourth-order valence-electron chi connectivity index (χ4n) is 4.29. The van der Waals surface area contributed by atoms with Gasteiger partial charge in [-0.1, -0.05) is 12.1 Å². The number of nitrogens with zero attached hydrogens (tertiary/aromatic N) is 5. The summed E-state index contributed by atoms with van der Waals surface area (Å²) < 4.78 is 16.1. The molecule has 0 amide bonds. The first-order chi connectivity index (χ1) is 15.9. The Morgan fingerprint density at radius 3 is 2.42 bits per heavy atom. The fraction of sp³-hybridized carbons (Fsp3) is 0.292. The quantitative estimate of drug-likeness (QED) is 0.486. The van der Waals surface area contributed by atoms with E-state index in [1.807, 2.05) is 0 Å². The lowest BCUT2D eigenvalue weighted by Gasteiger charge is -2.38. The Morgan fingerprint density at radius 1 is 1.03 bits per heavy atom. The van der Waals surface area contributed by atoms with Crippen LogP contribution in [0.4, 0.5) is 4.39 Å². The smallest absolute Gasteiger partial charge is 0.264 e. The van der Waals surface area contributed by atoms with Crippen molar-refractivity contribution in [2.75, 3.05) is 13.1 Å². The number of hydrogen-bond acceptors (Lipinski definition) is 6. The number of benzene rings is 2. The molecular weight excluding hydrogens is 425 g/mol. The zero-order valence-electron chi connectivity index (χ0n) is 17.9. The predicted octanol–water partition coefficient (Wildman–Crippen LogP) is 2.45. The Hall–Kier alpha value is -3.56. The lowest BCUT2D eigenvalue weighted by atomic mass is 9.91. The van der Waals surface area contributed by atoms with Gasteiger partial charge in [-0.2, -0.15) is 5.10 Å². The minimum absolute atomic E-state index is 0.141. The van der Waals surface area contributed by atoms with Gasteiger partial charge in [0.05, 0.1) is 24.0 Å². The molecule has 0 atom stereocenters. The third kappa shape index (κ3) is 4.37. The van der Waals surface area contributed by atoms with Crippen LogP contribution in [0.1, 0.15) is 18.4 Å². The molecule has 4 aromatic rings. The van der Waals surface area contributed by atoms with Crippen LogP contribution in [0.3, 0.4) is 0 Å². The van der Waals surface area contributed by atoms with Crippen molar-refractivity contribution in [2.45, 2.75) is 31.5 Å². The van der Waals surface area contributed by atoms with Gasteiger partial charge in [0, 0.05) is 19.6 Å². The molecule has 5 rings (SSSR count). The Balaban J connectivity index is 1.30. The molecule has 2 aromatic heterocycles. The van der Waals surface area contributed by atoms with Crippen molar-refractivity contribution < 1.29 is 14.6 Å². The average Bonchev–Trinajstić information content (AvgIpc) is 3.24. The van der Waals surface area contributed by atoms with Crippen LogP contribution in [0.5, 0.6) is 5.75 Å². The third-order valence-electron chi connectivity index (χ3n) is 6.22. The Morgan fingerprint density at radius 2 is 1.73 bits per heavy atom. The molecular formula is C24H24FN5O3. The molecule has 2 N–H and O–H groups in total. The lowest BCUT2D eigenvalue weighted by Crippen LogP contribution is -2.47. The Kier molecular flexibility index (Phi) is 5.43. The highest BCUT2D eigenvalue weighted by atomic mass is 19.1. The Labute approximate surface area is 189 Å². The fourth-order valence-corrected chi connectivity index (χ4v) is 4.29. The van der Waals surface area contributed by atoms with Crippen molar-refractivity contribution in [1.29, 1.82) is 0 Å². The summed E-state index contributed by atoms with van der Waals surface area (Å²) in [6.45, 7) is 2.21. The molecule has 0 bridgehead atoms. The molecule has 0 unspecified atom stereocenters. The standard InChI is InChI=1S/C24H24FN5O3/c25-18-3-1-17(2-4-18)14-28-11-9-24(33,10-12-28)15-29-16-26-22-21(23(29)32)13-27-30(22)19-5-7-20(31)8-6-19/h1-8,13,16,31,33H,9-12,14-15H2. The van der Waals surface area contributed by atoms with E-state index in [0.29, 0.717) is 49.2 Å². The van der Waals surface area contributed by atoms with E-state index in [2.05, 4.69) is 15.0 Å². The van der Waals surface area contributed by atoms with Crippen LogP contribution in [-0.4, -0.2) is 53.1 Å². The van der Waals surface area contributed by atoms with Gasteiger partial charge in [0.25, 0.3) is 5.56 Å². The molecule has 8 nitrogen and oxygen atoms in total. The molecule has 9 heteroatoms. The molecule has 1 aliphatic rings. The first-order valence-electron chi connectivity index (χ1n) is 10.8.